The average molecular weight is 541 g/mol. The van der Waals surface area contributed by atoms with Crippen LogP contribution >= 0.6 is 11.8 Å². The molecule has 39 heavy (non-hydrogen) atoms. The molecule has 2 aliphatic heterocycles. The molecule has 0 aliphatic carbocycles. The summed E-state index contributed by atoms with van der Waals surface area (Å²) in [6.07, 6.45) is 1.50. The lowest BCUT2D eigenvalue weighted by atomic mass is 10.00. The zero-order valence-electron chi connectivity index (χ0n) is 21.2. The van der Waals surface area contributed by atoms with Crippen molar-refractivity contribution in [3.05, 3.63) is 126 Å². The number of allylic oxidation sites excluding steroid dienone is 1. The smallest absolute Gasteiger partial charge is 0.356 e. The monoisotopic (exact) mass is 540 g/mol. The number of carbonyl (C=O) groups excluding carboxylic acids is 3. The molecule has 2 atom stereocenters. The van der Waals surface area contributed by atoms with Gasteiger partial charge in [0, 0.05) is 5.75 Å². The van der Waals surface area contributed by atoms with Crippen molar-refractivity contribution in [1.29, 1.82) is 0 Å². The second-order valence-electron chi connectivity index (χ2n) is 9.11. The van der Waals surface area contributed by atoms with Gasteiger partial charge in [0.05, 0.1) is 0 Å². The van der Waals surface area contributed by atoms with Crippen molar-refractivity contribution < 1.29 is 23.9 Å². The molecule has 1 fully saturated rings. The summed E-state index contributed by atoms with van der Waals surface area (Å²) in [4.78, 5) is 41.0. The van der Waals surface area contributed by atoms with E-state index in [1.807, 2.05) is 78.9 Å². The number of benzene rings is 3. The van der Waals surface area contributed by atoms with Crippen LogP contribution in [-0.4, -0.2) is 46.5 Å². The van der Waals surface area contributed by atoms with Gasteiger partial charge >= 0.3 is 5.97 Å². The van der Waals surface area contributed by atoms with Crippen LogP contribution in [0.1, 0.15) is 23.7 Å². The van der Waals surface area contributed by atoms with Gasteiger partial charge in [-0.15, -0.1) is 18.3 Å². The summed E-state index contributed by atoms with van der Waals surface area (Å²) in [7, 11) is 0. The number of para-hydroxylation sites is 1. The van der Waals surface area contributed by atoms with Gasteiger partial charge in [0.15, 0.2) is 12.7 Å². The highest BCUT2D eigenvalue weighted by Crippen LogP contribution is 2.42. The molecule has 7 nitrogen and oxygen atoms in total. The molecule has 1 saturated heterocycles. The highest BCUT2D eigenvalue weighted by atomic mass is 32.2. The molecule has 0 spiro atoms. The van der Waals surface area contributed by atoms with Crippen LogP contribution in [0.25, 0.3) is 0 Å². The molecule has 0 aromatic heterocycles. The Balaban J connectivity index is 1.33. The number of rotatable bonds is 10. The van der Waals surface area contributed by atoms with Crippen LogP contribution in [0.4, 0.5) is 0 Å². The van der Waals surface area contributed by atoms with E-state index in [1.54, 1.807) is 18.2 Å². The number of amides is 2. The minimum Gasteiger partial charge on any atom is -0.484 e. The van der Waals surface area contributed by atoms with E-state index >= 15 is 0 Å². The van der Waals surface area contributed by atoms with Crippen LogP contribution in [0.2, 0.25) is 0 Å². The first kappa shape index (κ1) is 26.3. The number of hydrogen-bond acceptors (Lipinski definition) is 6. The van der Waals surface area contributed by atoms with E-state index in [0.29, 0.717) is 17.9 Å². The van der Waals surface area contributed by atoms with Crippen LogP contribution in [0.5, 0.6) is 5.75 Å². The van der Waals surface area contributed by atoms with Crippen molar-refractivity contribution in [1.82, 2.24) is 10.2 Å². The van der Waals surface area contributed by atoms with E-state index in [9.17, 15) is 14.4 Å². The summed E-state index contributed by atoms with van der Waals surface area (Å²) < 4.78 is 11.6. The molecule has 1 unspecified atom stereocenters. The maximum atomic E-state index is 13.7. The summed E-state index contributed by atoms with van der Waals surface area (Å²) in [5.74, 6) is -0.269. The molecular formula is C31H28N2O5S. The van der Waals surface area contributed by atoms with Crippen LogP contribution in [0, 0.1) is 0 Å². The number of nitrogens with zero attached hydrogens (tertiary/aromatic N) is 1. The second-order valence-corrected chi connectivity index (χ2v) is 10.2. The van der Waals surface area contributed by atoms with Gasteiger partial charge in [-0.3, -0.25) is 14.5 Å². The van der Waals surface area contributed by atoms with E-state index in [-0.39, 0.29) is 18.2 Å². The van der Waals surface area contributed by atoms with Gasteiger partial charge in [0.25, 0.3) is 11.8 Å². The first-order chi connectivity index (χ1) is 19.1. The lowest BCUT2D eigenvalue weighted by Crippen LogP contribution is -2.71. The zero-order chi connectivity index (χ0) is 27.2. The number of hydrogen-bond donors (Lipinski definition) is 1. The predicted octanol–water partition coefficient (Wildman–Crippen LogP) is 4.63. The fourth-order valence-corrected chi connectivity index (χ4v) is 5.99. The lowest BCUT2D eigenvalue weighted by Gasteiger charge is -2.49. The molecule has 8 heteroatoms. The molecular weight excluding hydrogens is 512 g/mol. The highest BCUT2D eigenvalue weighted by molar-refractivity contribution is 8.00. The van der Waals surface area contributed by atoms with Gasteiger partial charge < -0.3 is 14.8 Å². The first-order valence-electron chi connectivity index (χ1n) is 12.6. The number of thioether (sulfide) groups is 1. The molecule has 3 aromatic rings. The van der Waals surface area contributed by atoms with Gasteiger partial charge in [-0.05, 0) is 35.3 Å². The highest BCUT2D eigenvalue weighted by Gasteiger charge is 2.54. The summed E-state index contributed by atoms with van der Waals surface area (Å²) >= 11 is 1.50. The molecule has 5 rings (SSSR count). The molecule has 0 saturated carbocycles. The minimum atomic E-state index is -0.756. The van der Waals surface area contributed by atoms with Gasteiger partial charge in [-0.2, -0.15) is 0 Å². The fraction of sp³-hybridized carbons (Fsp3) is 0.194. The third-order valence-corrected chi connectivity index (χ3v) is 7.83. The topological polar surface area (TPSA) is 84.9 Å². The Morgan fingerprint density at radius 1 is 0.974 bits per heavy atom. The Kier molecular flexibility index (Phi) is 8.13. The van der Waals surface area contributed by atoms with Crippen molar-refractivity contribution >= 4 is 29.5 Å². The molecule has 0 radical (unpaired) electrons. The average Bonchev–Trinajstić information content (AvgIpc) is 2.98. The number of nitrogens with one attached hydrogen (secondary N) is 1. The second kappa shape index (κ2) is 12.0. The summed E-state index contributed by atoms with van der Waals surface area (Å²) in [6, 6.07) is 27.2. The number of β-lactam (4-membered cyclic amide) rings is 1. The van der Waals surface area contributed by atoms with E-state index in [1.165, 1.54) is 16.7 Å². The Labute approximate surface area is 231 Å². The molecule has 2 amide bonds. The normalized spacial score (nSPS) is 18.2. The number of ether oxygens (including phenoxy) is 2. The Morgan fingerprint density at radius 3 is 2.15 bits per heavy atom. The summed E-state index contributed by atoms with van der Waals surface area (Å²) in [5.41, 5.74) is 2.64. The quantitative estimate of drug-likeness (QED) is 0.229. The Hall–Kier alpha value is -4.30. The molecule has 2 aliphatic rings. The number of carbonyl (C=O) groups is 3. The van der Waals surface area contributed by atoms with Crippen LogP contribution in [0.3, 0.4) is 0 Å². The van der Waals surface area contributed by atoms with Crippen molar-refractivity contribution in [2.24, 2.45) is 0 Å². The van der Waals surface area contributed by atoms with Gasteiger partial charge in [0.1, 0.15) is 22.9 Å². The maximum Gasteiger partial charge on any atom is 0.356 e. The third-order valence-electron chi connectivity index (χ3n) is 6.49. The van der Waals surface area contributed by atoms with Gasteiger partial charge in [-0.25, -0.2) is 4.79 Å². The van der Waals surface area contributed by atoms with Crippen molar-refractivity contribution in [2.75, 3.05) is 12.4 Å². The van der Waals surface area contributed by atoms with Gasteiger partial charge in [-0.1, -0.05) is 84.9 Å². The largest absolute Gasteiger partial charge is 0.484 e. The summed E-state index contributed by atoms with van der Waals surface area (Å²) in [6.45, 7) is 3.60. The van der Waals surface area contributed by atoms with Crippen LogP contribution in [0.15, 0.2) is 115 Å². The molecule has 2 heterocycles. The van der Waals surface area contributed by atoms with Crippen molar-refractivity contribution in [3.63, 3.8) is 0 Å². The Bertz CT molecular complexity index is 1340. The SMILES string of the molecule is C=CCC1=C(C(=O)OC(c2ccccc2)c2ccccc2)N2C(=O)C(NC(=O)COc3ccccc3)[C@@H]2SC1. The number of fused-ring (bicyclic) bond motifs is 1. The maximum absolute atomic E-state index is 13.7. The minimum absolute atomic E-state index is 0.215. The van der Waals surface area contributed by atoms with Crippen LogP contribution < -0.4 is 10.1 Å². The molecule has 3 aromatic carbocycles. The summed E-state index contributed by atoms with van der Waals surface area (Å²) in [5, 5.41) is 2.35. The fourth-order valence-electron chi connectivity index (χ4n) is 4.63. The Morgan fingerprint density at radius 2 is 1.56 bits per heavy atom. The molecule has 1 N–H and O–H groups in total. The zero-order valence-corrected chi connectivity index (χ0v) is 22.0. The van der Waals surface area contributed by atoms with Crippen molar-refractivity contribution in [2.45, 2.75) is 23.9 Å². The van der Waals surface area contributed by atoms with Gasteiger partial charge in [0.2, 0.25) is 0 Å². The molecule has 0 bridgehead atoms. The lowest BCUT2D eigenvalue weighted by molar-refractivity contribution is -0.154. The van der Waals surface area contributed by atoms with E-state index in [4.69, 9.17) is 9.47 Å². The standard InChI is InChI=1S/C31H28N2O5S/c1-2-12-23-20-39-30-26(32-25(34)19-37-24-17-10-5-11-18-24)29(35)33(30)27(23)31(36)38-28(21-13-6-3-7-14-21)22-15-8-4-9-16-22/h2-11,13-18,26,28,30H,1,12,19-20H2,(H,32,34)/t26?,30-/m0/s1. The van der Waals surface area contributed by atoms with E-state index in [0.717, 1.165) is 16.7 Å². The first-order valence-corrected chi connectivity index (χ1v) is 13.7. The predicted molar refractivity (Wildman–Crippen MR) is 150 cm³/mol. The van der Waals surface area contributed by atoms with E-state index < -0.39 is 29.4 Å². The van der Waals surface area contributed by atoms with Crippen molar-refractivity contribution in [3.8, 4) is 5.75 Å². The number of esters is 1. The van der Waals surface area contributed by atoms with Crippen LogP contribution in [-0.2, 0) is 19.1 Å². The van der Waals surface area contributed by atoms with E-state index in [2.05, 4.69) is 11.9 Å². The molecule has 198 valence electrons. The third kappa shape index (κ3) is 5.76.